The Morgan fingerprint density at radius 2 is 1.85 bits per heavy atom. The van der Waals surface area contributed by atoms with Crippen LogP contribution >= 0.6 is 0 Å². The first kappa shape index (κ1) is 14.7. The van der Waals surface area contributed by atoms with Crippen LogP contribution in [0.25, 0.3) is 11.3 Å². The van der Waals surface area contributed by atoms with Gasteiger partial charge < -0.3 is 10.7 Å². The molecule has 0 saturated heterocycles. The molecule has 0 unspecified atom stereocenters. The molecule has 0 aliphatic heterocycles. The summed E-state index contributed by atoms with van der Waals surface area (Å²) in [6.45, 7) is 5.47. The van der Waals surface area contributed by atoms with Gasteiger partial charge in [0.05, 0.1) is 17.4 Å². The molecule has 0 amide bonds. The van der Waals surface area contributed by atoms with Crippen LogP contribution < -0.4 is 5.73 Å². The van der Waals surface area contributed by atoms with E-state index in [1.54, 1.807) is 0 Å². The van der Waals surface area contributed by atoms with Gasteiger partial charge in [-0.25, -0.2) is 13.8 Å². The second-order valence-electron chi connectivity index (χ2n) is 5.09. The SMILES string of the molecule is CCC(N)(CC)c1ncc(-c2cc(F)c(C)cc2F)[nH]1. The first-order chi connectivity index (χ1) is 9.41. The molecule has 2 aromatic rings. The van der Waals surface area contributed by atoms with Gasteiger partial charge in [0.15, 0.2) is 0 Å². The van der Waals surface area contributed by atoms with Crippen molar-refractivity contribution >= 4 is 0 Å². The number of imidazole rings is 1. The number of nitrogens with one attached hydrogen (secondary N) is 1. The van der Waals surface area contributed by atoms with Crippen LogP contribution in [0.2, 0.25) is 0 Å². The second-order valence-corrected chi connectivity index (χ2v) is 5.09. The highest BCUT2D eigenvalue weighted by molar-refractivity contribution is 5.60. The number of hydrogen-bond acceptors (Lipinski definition) is 2. The Kier molecular flexibility index (Phi) is 3.90. The molecule has 0 aliphatic carbocycles. The summed E-state index contributed by atoms with van der Waals surface area (Å²) < 4.78 is 27.5. The Hall–Kier alpha value is -1.75. The average Bonchev–Trinajstić information content (AvgIpc) is 2.92. The van der Waals surface area contributed by atoms with Crippen LogP contribution in [-0.2, 0) is 5.54 Å². The van der Waals surface area contributed by atoms with E-state index in [-0.39, 0.29) is 11.1 Å². The molecule has 0 fully saturated rings. The van der Waals surface area contributed by atoms with Crippen LogP contribution in [0.5, 0.6) is 0 Å². The molecule has 3 nitrogen and oxygen atoms in total. The number of nitrogens with zero attached hydrogens (tertiary/aromatic N) is 1. The fourth-order valence-electron chi connectivity index (χ4n) is 2.15. The zero-order valence-corrected chi connectivity index (χ0v) is 11.9. The maximum Gasteiger partial charge on any atom is 0.133 e. The van der Waals surface area contributed by atoms with Gasteiger partial charge in [0.2, 0.25) is 0 Å². The molecule has 1 heterocycles. The third-order valence-electron chi connectivity index (χ3n) is 3.85. The highest BCUT2D eigenvalue weighted by Gasteiger charge is 2.26. The van der Waals surface area contributed by atoms with Gasteiger partial charge in [0, 0.05) is 5.56 Å². The highest BCUT2D eigenvalue weighted by atomic mass is 19.1. The predicted molar refractivity (Wildman–Crippen MR) is 75.1 cm³/mol. The van der Waals surface area contributed by atoms with Gasteiger partial charge >= 0.3 is 0 Å². The number of halogens is 2. The first-order valence-electron chi connectivity index (χ1n) is 6.71. The standard InChI is InChI=1S/C15H19F2N3/c1-4-15(18,5-2)14-19-8-13(20-14)10-7-11(16)9(3)6-12(10)17/h6-8H,4-5,18H2,1-3H3,(H,19,20). The van der Waals surface area contributed by atoms with Crippen LogP contribution in [0.3, 0.4) is 0 Å². The van der Waals surface area contributed by atoms with E-state index >= 15 is 0 Å². The third-order valence-corrected chi connectivity index (χ3v) is 3.85. The number of aromatic amines is 1. The lowest BCUT2D eigenvalue weighted by atomic mass is 9.93. The lowest BCUT2D eigenvalue weighted by molar-refractivity contribution is 0.391. The smallest absolute Gasteiger partial charge is 0.133 e. The topological polar surface area (TPSA) is 54.7 Å². The minimum absolute atomic E-state index is 0.168. The van der Waals surface area contributed by atoms with Crippen LogP contribution in [-0.4, -0.2) is 9.97 Å². The van der Waals surface area contributed by atoms with Crippen molar-refractivity contribution in [2.45, 2.75) is 39.2 Å². The molecule has 0 atom stereocenters. The van der Waals surface area contributed by atoms with Gasteiger partial charge in [0.1, 0.15) is 17.5 Å². The van der Waals surface area contributed by atoms with Crippen molar-refractivity contribution in [1.29, 1.82) is 0 Å². The zero-order valence-electron chi connectivity index (χ0n) is 11.9. The van der Waals surface area contributed by atoms with Crippen LogP contribution in [0.15, 0.2) is 18.3 Å². The summed E-state index contributed by atoms with van der Waals surface area (Å²) in [5, 5.41) is 0. The molecule has 0 radical (unpaired) electrons. The summed E-state index contributed by atoms with van der Waals surface area (Å²) in [5.74, 6) is -0.324. The minimum Gasteiger partial charge on any atom is -0.340 e. The molecule has 0 saturated carbocycles. The van der Waals surface area contributed by atoms with Crippen LogP contribution in [0, 0.1) is 18.6 Å². The Balaban J connectivity index is 2.46. The Morgan fingerprint density at radius 1 is 1.20 bits per heavy atom. The number of aromatic nitrogens is 2. The molecule has 1 aromatic carbocycles. The number of nitrogens with two attached hydrogens (primary N) is 1. The summed E-state index contributed by atoms with van der Waals surface area (Å²) >= 11 is 0. The molecule has 2 rings (SSSR count). The number of rotatable bonds is 4. The minimum atomic E-state index is -0.571. The Morgan fingerprint density at radius 3 is 2.45 bits per heavy atom. The Bertz CT molecular complexity index is 616. The van der Waals surface area contributed by atoms with Crippen molar-refractivity contribution in [1.82, 2.24) is 9.97 Å². The van der Waals surface area contributed by atoms with E-state index in [0.29, 0.717) is 24.4 Å². The fourth-order valence-corrected chi connectivity index (χ4v) is 2.15. The molecular formula is C15H19F2N3. The van der Waals surface area contributed by atoms with E-state index in [0.717, 1.165) is 0 Å². The van der Waals surface area contributed by atoms with E-state index in [4.69, 9.17) is 5.73 Å². The fraction of sp³-hybridized carbons (Fsp3) is 0.400. The summed E-state index contributed by atoms with van der Waals surface area (Å²) in [5.41, 5.74) is 6.55. The van der Waals surface area contributed by atoms with Crippen molar-refractivity contribution in [2.24, 2.45) is 5.73 Å². The molecule has 0 spiro atoms. The zero-order chi connectivity index (χ0) is 14.9. The maximum absolute atomic E-state index is 13.9. The highest BCUT2D eigenvalue weighted by Crippen LogP contribution is 2.28. The van der Waals surface area contributed by atoms with Crippen molar-refractivity contribution < 1.29 is 8.78 Å². The van der Waals surface area contributed by atoms with Gasteiger partial charge in [-0.1, -0.05) is 13.8 Å². The Labute approximate surface area is 117 Å². The number of hydrogen-bond donors (Lipinski definition) is 2. The van der Waals surface area contributed by atoms with E-state index in [1.807, 2.05) is 13.8 Å². The summed E-state index contributed by atoms with van der Waals surface area (Å²) in [6, 6.07) is 2.36. The van der Waals surface area contributed by atoms with Gasteiger partial charge in [-0.05, 0) is 37.5 Å². The lowest BCUT2D eigenvalue weighted by Gasteiger charge is -2.23. The molecule has 1 aromatic heterocycles. The van der Waals surface area contributed by atoms with Crippen molar-refractivity contribution in [2.75, 3.05) is 0 Å². The largest absolute Gasteiger partial charge is 0.340 e. The third kappa shape index (κ3) is 2.45. The van der Waals surface area contributed by atoms with Gasteiger partial charge in [-0.2, -0.15) is 0 Å². The summed E-state index contributed by atoms with van der Waals surface area (Å²) in [4.78, 5) is 7.25. The van der Waals surface area contributed by atoms with E-state index in [1.165, 1.54) is 25.3 Å². The molecule has 0 bridgehead atoms. The number of benzene rings is 1. The van der Waals surface area contributed by atoms with E-state index in [2.05, 4.69) is 9.97 Å². The molecule has 20 heavy (non-hydrogen) atoms. The summed E-state index contributed by atoms with van der Waals surface area (Å²) in [6.07, 6.45) is 2.91. The second kappa shape index (κ2) is 5.32. The van der Waals surface area contributed by atoms with Crippen molar-refractivity contribution in [3.05, 3.63) is 41.4 Å². The lowest BCUT2D eigenvalue weighted by Crippen LogP contribution is -2.36. The number of H-pyrrole nitrogens is 1. The molecule has 108 valence electrons. The van der Waals surface area contributed by atoms with Gasteiger partial charge in [-0.3, -0.25) is 0 Å². The van der Waals surface area contributed by atoms with Crippen LogP contribution in [0.1, 0.15) is 38.1 Å². The molecule has 5 heteroatoms. The quantitative estimate of drug-likeness (QED) is 0.897. The summed E-state index contributed by atoms with van der Waals surface area (Å²) in [7, 11) is 0. The molecule has 0 aliphatic rings. The monoisotopic (exact) mass is 279 g/mol. The average molecular weight is 279 g/mol. The van der Waals surface area contributed by atoms with Gasteiger partial charge in [0.25, 0.3) is 0 Å². The van der Waals surface area contributed by atoms with E-state index < -0.39 is 17.2 Å². The number of aryl methyl sites for hydroxylation is 1. The molecular weight excluding hydrogens is 260 g/mol. The van der Waals surface area contributed by atoms with Crippen molar-refractivity contribution in [3.8, 4) is 11.3 Å². The van der Waals surface area contributed by atoms with E-state index in [9.17, 15) is 8.78 Å². The van der Waals surface area contributed by atoms with Crippen molar-refractivity contribution in [3.63, 3.8) is 0 Å². The normalized spacial score (nSPS) is 11.9. The molecule has 3 N–H and O–H groups in total. The maximum atomic E-state index is 13.9. The van der Waals surface area contributed by atoms with Gasteiger partial charge in [-0.15, -0.1) is 0 Å². The first-order valence-corrected chi connectivity index (χ1v) is 6.71. The van der Waals surface area contributed by atoms with Crippen LogP contribution in [0.4, 0.5) is 8.78 Å². The predicted octanol–water partition coefficient (Wildman–Crippen LogP) is 3.64.